The van der Waals surface area contributed by atoms with E-state index in [1.165, 1.54) is 25.9 Å². The van der Waals surface area contributed by atoms with Gasteiger partial charge in [-0.3, -0.25) is 0 Å². The van der Waals surface area contributed by atoms with Crippen molar-refractivity contribution >= 4 is 41.3 Å². The Labute approximate surface area is 179 Å². The van der Waals surface area contributed by atoms with Gasteiger partial charge in [0.1, 0.15) is 5.01 Å². The molecule has 2 saturated heterocycles. The molecule has 0 saturated carbocycles. The number of thiazole rings is 1. The maximum atomic E-state index is 12.7. The van der Waals surface area contributed by atoms with Crippen LogP contribution in [0.25, 0.3) is 0 Å². The zero-order valence-corrected chi connectivity index (χ0v) is 18.6. The van der Waals surface area contributed by atoms with Crippen molar-refractivity contribution in [1.29, 1.82) is 0 Å². The van der Waals surface area contributed by atoms with E-state index in [1.807, 2.05) is 6.92 Å². The molecule has 1 aromatic rings. The Bertz CT molecular complexity index is 616. The van der Waals surface area contributed by atoms with Crippen LogP contribution in [0.5, 0.6) is 0 Å². The van der Waals surface area contributed by atoms with Gasteiger partial charge in [0.15, 0.2) is 11.7 Å². The first-order valence-corrected chi connectivity index (χ1v) is 10.1. The molecule has 1 unspecified atom stereocenters. The summed E-state index contributed by atoms with van der Waals surface area (Å²) in [5.41, 5.74) is -0.829. The zero-order chi connectivity index (χ0) is 18.6. The van der Waals surface area contributed by atoms with Crippen LogP contribution in [-0.2, 0) is 12.7 Å². The topological polar surface area (TPSA) is 43.8 Å². The number of halogens is 4. The summed E-state index contributed by atoms with van der Waals surface area (Å²) < 4.78 is 38.0. The van der Waals surface area contributed by atoms with Crippen LogP contribution >= 0.6 is 35.3 Å². The van der Waals surface area contributed by atoms with Crippen LogP contribution in [0.3, 0.4) is 0 Å². The third kappa shape index (κ3) is 6.45. The Kier molecular flexibility index (Phi) is 8.60. The van der Waals surface area contributed by atoms with Crippen LogP contribution in [-0.4, -0.2) is 60.0 Å². The molecule has 3 rings (SSSR count). The minimum Gasteiger partial charge on any atom is -0.357 e. The Morgan fingerprint density at radius 2 is 2.07 bits per heavy atom. The van der Waals surface area contributed by atoms with E-state index in [-0.39, 0.29) is 30.5 Å². The van der Waals surface area contributed by atoms with Crippen molar-refractivity contribution < 1.29 is 13.2 Å². The fourth-order valence-electron chi connectivity index (χ4n) is 3.59. The lowest BCUT2D eigenvalue weighted by Crippen LogP contribution is -2.40. The summed E-state index contributed by atoms with van der Waals surface area (Å²) in [5.74, 6) is 1.41. The average molecular weight is 517 g/mol. The van der Waals surface area contributed by atoms with Crippen LogP contribution < -0.4 is 5.32 Å². The molecule has 1 N–H and O–H groups in total. The Morgan fingerprint density at radius 3 is 2.70 bits per heavy atom. The molecule has 3 heterocycles. The maximum absolute atomic E-state index is 12.7. The number of nitrogens with zero attached hydrogens (tertiary/aromatic N) is 4. The van der Waals surface area contributed by atoms with Gasteiger partial charge in [0.05, 0.1) is 6.54 Å². The first-order chi connectivity index (χ1) is 12.5. The van der Waals surface area contributed by atoms with E-state index in [0.717, 1.165) is 55.3 Å². The fourth-order valence-corrected chi connectivity index (χ4v) is 4.31. The summed E-state index contributed by atoms with van der Waals surface area (Å²) in [6.07, 6.45) is -0.653. The second-order valence-corrected chi connectivity index (χ2v) is 7.85. The third-order valence-electron chi connectivity index (χ3n) is 4.84. The van der Waals surface area contributed by atoms with Crippen LogP contribution in [0.15, 0.2) is 10.4 Å². The molecular formula is C17H27F3IN5S. The number of aliphatic imine (C=N–C) groups is 1. The van der Waals surface area contributed by atoms with Crippen molar-refractivity contribution in [2.45, 2.75) is 38.9 Å². The summed E-state index contributed by atoms with van der Waals surface area (Å²) in [6, 6.07) is 0. The van der Waals surface area contributed by atoms with E-state index in [9.17, 15) is 13.2 Å². The summed E-state index contributed by atoms with van der Waals surface area (Å²) in [6.45, 7) is 8.35. The molecule has 10 heteroatoms. The SMILES string of the molecule is CCNC(=NCc1nc(C(F)(F)F)cs1)N1CCC(CN2CCCC2)C1.I. The van der Waals surface area contributed by atoms with Crippen LogP contribution in [0, 0.1) is 5.92 Å². The largest absolute Gasteiger partial charge is 0.434 e. The first kappa shape index (κ1) is 22.7. The van der Waals surface area contributed by atoms with E-state index >= 15 is 0 Å². The molecule has 0 amide bonds. The van der Waals surface area contributed by atoms with Gasteiger partial charge in [-0.2, -0.15) is 13.2 Å². The van der Waals surface area contributed by atoms with E-state index in [0.29, 0.717) is 10.9 Å². The van der Waals surface area contributed by atoms with Gasteiger partial charge in [-0.15, -0.1) is 35.3 Å². The number of nitrogens with one attached hydrogen (secondary N) is 1. The zero-order valence-electron chi connectivity index (χ0n) is 15.5. The Balaban J connectivity index is 0.00000261. The molecule has 2 fully saturated rings. The highest BCUT2D eigenvalue weighted by Crippen LogP contribution is 2.30. The van der Waals surface area contributed by atoms with E-state index in [4.69, 9.17) is 0 Å². The monoisotopic (exact) mass is 517 g/mol. The van der Waals surface area contributed by atoms with Gasteiger partial charge >= 0.3 is 6.18 Å². The van der Waals surface area contributed by atoms with Crippen molar-refractivity contribution in [1.82, 2.24) is 20.1 Å². The van der Waals surface area contributed by atoms with Gasteiger partial charge in [0.25, 0.3) is 0 Å². The number of hydrogen-bond acceptors (Lipinski definition) is 4. The standard InChI is InChI=1S/C17H26F3N5S.HI/c1-2-21-16(22-9-15-23-14(12-26-15)17(18,19)20)25-8-5-13(11-25)10-24-6-3-4-7-24;/h12-13H,2-11H2,1H3,(H,21,22);1H. The molecule has 5 nitrogen and oxygen atoms in total. The number of alkyl halides is 3. The van der Waals surface area contributed by atoms with Gasteiger partial charge in [0.2, 0.25) is 0 Å². The minimum atomic E-state index is -4.39. The van der Waals surface area contributed by atoms with Crippen molar-refractivity contribution in [3.8, 4) is 0 Å². The van der Waals surface area contributed by atoms with Gasteiger partial charge in [-0.25, -0.2) is 9.98 Å². The van der Waals surface area contributed by atoms with Crippen LogP contribution in [0.4, 0.5) is 13.2 Å². The van der Waals surface area contributed by atoms with Gasteiger partial charge in [0, 0.05) is 31.6 Å². The highest BCUT2D eigenvalue weighted by Gasteiger charge is 2.33. The predicted octanol–water partition coefficient (Wildman–Crippen LogP) is 3.66. The van der Waals surface area contributed by atoms with Crippen molar-refractivity contribution in [3.63, 3.8) is 0 Å². The molecule has 0 spiro atoms. The summed E-state index contributed by atoms with van der Waals surface area (Å²) in [7, 11) is 0. The molecule has 2 aliphatic rings. The van der Waals surface area contributed by atoms with E-state index < -0.39 is 11.9 Å². The summed E-state index contributed by atoms with van der Waals surface area (Å²) >= 11 is 1.01. The highest BCUT2D eigenvalue weighted by atomic mass is 127. The second kappa shape index (κ2) is 10.2. The van der Waals surface area contributed by atoms with Gasteiger partial charge < -0.3 is 15.1 Å². The smallest absolute Gasteiger partial charge is 0.357 e. The lowest BCUT2D eigenvalue weighted by atomic mass is 10.1. The van der Waals surface area contributed by atoms with Crippen molar-refractivity contribution in [2.24, 2.45) is 10.9 Å². The molecule has 0 aliphatic carbocycles. The van der Waals surface area contributed by atoms with E-state index in [1.54, 1.807) is 0 Å². The van der Waals surface area contributed by atoms with Crippen LogP contribution in [0.1, 0.15) is 36.9 Å². The molecule has 1 atom stereocenters. The fraction of sp³-hybridized carbons (Fsp3) is 0.765. The Hall–Kier alpha value is -0.620. The Morgan fingerprint density at radius 1 is 1.33 bits per heavy atom. The molecule has 0 radical (unpaired) electrons. The predicted molar refractivity (Wildman–Crippen MR) is 113 cm³/mol. The molecule has 27 heavy (non-hydrogen) atoms. The molecule has 154 valence electrons. The van der Waals surface area contributed by atoms with Crippen molar-refractivity contribution in [2.75, 3.05) is 39.3 Å². The number of aromatic nitrogens is 1. The molecule has 1 aromatic heterocycles. The highest BCUT2D eigenvalue weighted by molar-refractivity contribution is 14.0. The molecule has 0 bridgehead atoms. The number of likely N-dealkylation sites (tertiary alicyclic amines) is 2. The average Bonchev–Trinajstić information content (AvgIpc) is 3.33. The van der Waals surface area contributed by atoms with E-state index in [2.05, 4.69) is 25.1 Å². The summed E-state index contributed by atoms with van der Waals surface area (Å²) in [5, 5.41) is 4.71. The minimum absolute atomic E-state index is 0. The lowest BCUT2D eigenvalue weighted by Gasteiger charge is -2.23. The molecular weight excluding hydrogens is 490 g/mol. The maximum Gasteiger partial charge on any atom is 0.434 e. The molecule has 2 aliphatic heterocycles. The molecule has 0 aromatic carbocycles. The van der Waals surface area contributed by atoms with Gasteiger partial charge in [-0.05, 0) is 45.2 Å². The van der Waals surface area contributed by atoms with Gasteiger partial charge in [-0.1, -0.05) is 0 Å². The lowest BCUT2D eigenvalue weighted by molar-refractivity contribution is -0.140. The number of hydrogen-bond donors (Lipinski definition) is 1. The van der Waals surface area contributed by atoms with Crippen molar-refractivity contribution in [3.05, 3.63) is 16.1 Å². The van der Waals surface area contributed by atoms with Crippen LogP contribution in [0.2, 0.25) is 0 Å². The first-order valence-electron chi connectivity index (χ1n) is 9.23. The normalized spacial score (nSPS) is 21.6. The quantitative estimate of drug-likeness (QED) is 0.368. The second-order valence-electron chi connectivity index (χ2n) is 6.90. The number of rotatable bonds is 5. The summed E-state index contributed by atoms with van der Waals surface area (Å²) in [4.78, 5) is 12.9. The third-order valence-corrected chi connectivity index (χ3v) is 5.68. The number of guanidine groups is 1.